The van der Waals surface area contributed by atoms with E-state index in [0.717, 1.165) is 25.9 Å². The summed E-state index contributed by atoms with van der Waals surface area (Å²) in [5.41, 5.74) is 2.64. The molecule has 3 heterocycles. The molecule has 0 unspecified atom stereocenters. The van der Waals surface area contributed by atoms with Crippen LogP contribution < -0.4 is 5.56 Å². The highest BCUT2D eigenvalue weighted by atomic mass is 32.1. The molecular weight excluding hydrogens is 256 g/mol. The molecule has 1 aromatic carbocycles. The normalized spacial score (nSPS) is 11.6. The van der Waals surface area contributed by atoms with E-state index in [-0.39, 0.29) is 5.56 Å². The van der Waals surface area contributed by atoms with Gasteiger partial charge in [0.2, 0.25) is 0 Å². The predicted molar refractivity (Wildman–Crippen MR) is 79.1 cm³/mol. The van der Waals surface area contributed by atoms with Gasteiger partial charge in [-0.15, -0.1) is 11.3 Å². The Hall–Kier alpha value is -2.20. The molecule has 0 aliphatic carbocycles. The Labute approximate surface area is 112 Å². The Bertz CT molecular complexity index is 997. The molecule has 0 saturated carbocycles. The zero-order chi connectivity index (χ0) is 13.0. The summed E-state index contributed by atoms with van der Waals surface area (Å²) in [6.07, 6.45) is 1.98. The molecule has 0 aliphatic heterocycles. The molecule has 0 N–H and O–H groups in total. The van der Waals surface area contributed by atoms with Gasteiger partial charge in [0.05, 0.1) is 5.52 Å². The van der Waals surface area contributed by atoms with Crippen LogP contribution in [0.5, 0.6) is 0 Å². The molecule has 0 spiro atoms. The van der Waals surface area contributed by atoms with Gasteiger partial charge >= 0.3 is 0 Å². The molecule has 0 saturated heterocycles. The number of pyridine rings is 1. The Morgan fingerprint density at radius 2 is 2.05 bits per heavy atom. The van der Waals surface area contributed by atoms with Crippen molar-refractivity contribution in [3.05, 3.63) is 58.5 Å². The predicted octanol–water partition coefficient (Wildman–Crippen LogP) is 3.37. The lowest BCUT2D eigenvalue weighted by atomic mass is 10.2. The van der Waals surface area contributed by atoms with Crippen molar-refractivity contribution >= 4 is 37.3 Å². The smallest absolute Gasteiger partial charge is 0.291 e. The van der Waals surface area contributed by atoms with Crippen molar-refractivity contribution in [1.82, 2.24) is 9.38 Å². The van der Waals surface area contributed by atoms with Crippen molar-refractivity contribution in [3.8, 4) is 0 Å². The van der Waals surface area contributed by atoms with Crippen LogP contribution in [0.4, 0.5) is 0 Å². The number of hydrogen-bond donors (Lipinski definition) is 0. The van der Waals surface area contributed by atoms with Gasteiger partial charge in [0.25, 0.3) is 5.56 Å². The topological polar surface area (TPSA) is 34.4 Å². The number of nitrogens with zero attached hydrogens (tertiary/aromatic N) is 2. The highest BCUT2D eigenvalue weighted by Crippen LogP contribution is 2.31. The molecule has 3 nitrogen and oxygen atoms in total. The zero-order valence-corrected chi connectivity index (χ0v) is 11.1. The van der Waals surface area contributed by atoms with Crippen LogP contribution in [0, 0.1) is 6.92 Å². The average molecular weight is 266 g/mol. The van der Waals surface area contributed by atoms with Crippen LogP contribution in [0.1, 0.15) is 5.56 Å². The Kier molecular flexibility index (Phi) is 2.05. The summed E-state index contributed by atoms with van der Waals surface area (Å²) < 4.78 is 3.85. The van der Waals surface area contributed by atoms with Gasteiger partial charge in [-0.2, -0.15) is 4.98 Å². The van der Waals surface area contributed by atoms with Crippen LogP contribution in [-0.2, 0) is 0 Å². The van der Waals surface area contributed by atoms with E-state index in [4.69, 9.17) is 0 Å². The highest BCUT2D eigenvalue weighted by molar-refractivity contribution is 7.25. The standard InChI is InChI=1S/C15H10N2OS/c1-9-6-7-17-12(8-9)16-15(18)14-13(17)10-4-2-3-5-11(10)19-14/h2-8H,1H3. The van der Waals surface area contributed by atoms with E-state index in [1.54, 1.807) is 0 Å². The van der Waals surface area contributed by atoms with Crippen LogP contribution in [0.15, 0.2) is 47.4 Å². The molecule has 19 heavy (non-hydrogen) atoms. The minimum absolute atomic E-state index is 0.137. The van der Waals surface area contributed by atoms with Crippen molar-refractivity contribution in [2.45, 2.75) is 6.92 Å². The summed E-state index contributed by atoms with van der Waals surface area (Å²) in [5.74, 6) is 0. The second-order valence-electron chi connectivity index (χ2n) is 4.63. The molecule has 0 aliphatic rings. The van der Waals surface area contributed by atoms with Gasteiger partial charge in [-0.1, -0.05) is 18.2 Å². The molecular formula is C15H10N2OS. The van der Waals surface area contributed by atoms with Crippen molar-refractivity contribution in [3.63, 3.8) is 0 Å². The van der Waals surface area contributed by atoms with Crippen LogP contribution in [0.25, 0.3) is 25.9 Å². The van der Waals surface area contributed by atoms with Crippen molar-refractivity contribution in [2.75, 3.05) is 0 Å². The number of benzene rings is 1. The van der Waals surface area contributed by atoms with Gasteiger partial charge in [0, 0.05) is 16.3 Å². The Morgan fingerprint density at radius 3 is 2.95 bits per heavy atom. The van der Waals surface area contributed by atoms with E-state index >= 15 is 0 Å². The summed E-state index contributed by atoms with van der Waals surface area (Å²) in [5, 5.41) is 1.11. The van der Waals surface area contributed by atoms with E-state index in [1.165, 1.54) is 11.3 Å². The van der Waals surface area contributed by atoms with Crippen molar-refractivity contribution in [1.29, 1.82) is 0 Å². The fourth-order valence-corrected chi connectivity index (χ4v) is 3.51. The number of rotatable bonds is 0. The minimum atomic E-state index is -0.137. The van der Waals surface area contributed by atoms with Crippen LogP contribution in [-0.4, -0.2) is 9.38 Å². The number of fused-ring (bicyclic) bond motifs is 5. The Balaban J connectivity index is 2.40. The molecule has 92 valence electrons. The molecule has 4 rings (SSSR count). The molecule has 4 heteroatoms. The first-order valence-corrected chi connectivity index (χ1v) is 6.86. The SMILES string of the molecule is Cc1ccn2c(c1)nc(=O)c1sc3ccccc3c12. The third kappa shape index (κ3) is 1.43. The van der Waals surface area contributed by atoms with Gasteiger partial charge in [-0.3, -0.25) is 9.20 Å². The molecule has 0 fully saturated rings. The third-order valence-corrected chi connectivity index (χ3v) is 4.46. The summed E-state index contributed by atoms with van der Waals surface area (Å²) >= 11 is 1.51. The van der Waals surface area contributed by atoms with E-state index < -0.39 is 0 Å². The van der Waals surface area contributed by atoms with Crippen LogP contribution in [0.3, 0.4) is 0 Å². The molecule has 0 amide bonds. The maximum atomic E-state index is 12.2. The second-order valence-corrected chi connectivity index (χ2v) is 5.68. The number of aryl methyl sites for hydroxylation is 1. The third-order valence-electron chi connectivity index (χ3n) is 3.31. The minimum Gasteiger partial charge on any atom is -0.299 e. The molecule has 0 bridgehead atoms. The van der Waals surface area contributed by atoms with Gasteiger partial charge in [-0.05, 0) is 30.7 Å². The van der Waals surface area contributed by atoms with Gasteiger partial charge in [0.15, 0.2) is 0 Å². The molecule has 3 aromatic heterocycles. The maximum absolute atomic E-state index is 12.2. The van der Waals surface area contributed by atoms with Crippen LogP contribution >= 0.6 is 11.3 Å². The summed E-state index contributed by atoms with van der Waals surface area (Å²) in [6, 6.07) is 12.1. The van der Waals surface area contributed by atoms with Gasteiger partial charge in [-0.25, -0.2) is 0 Å². The average Bonchev–Trinajstić information content (AvgIpc) is 2.79. The lowest BCUT2D eigenvalue weighted by Crippen LogP contribution is -2.08. The number of hydrogen-bond acceptors (Lipinski definition) is 3. The fourth-order valence-electron chi connectivity index (χ4n) is 2.44. The molecule has 0 atom stereocenters. The first kappa shape index (κ1) is 10.7. The highest BCUT2D eigenvalue weighted by Gasteiger charge is 2.11. The lowest BCUT2D eigenvalue weighted by molar-refractivity contribution is 1.13. The van der Waals surface area contributed by atoms with Crippen molar-refractivity contribution < 1.29 is 0 Å². The van der Waals surface area contributed by atoms with E-state index in [9.17, 15) is 4.79 Å². The van der Waals surface area contributed by atoms with Gasteiger partial charge in [0.1, 0.15) is 10.3 Å². The van der Waals surface area contributed by atoms with Crippen LogP contribution in [0.2, 0.25) is 0 Å². The molecule has 4 aromatic rings. The maximum Gasteiger partial charge on any atom is 0.291 e. The summed E-state index contributed by atoms with van der Waals surface area (Å²) in [7, 11) is 0. The van der Waals surface area contributed by atoms with E-state index in [1.807, 2.05) is 47.9 Å². The Morgan fingerprint density at radius 1 is 1.21 bits per heavy atom. The summed E-state index contributed by atoms with van der Waals surface area (Å²) in [4.78, 5) is 16.3. The second kappa shape index (κ2) is 3.65. The first-order valence-electron chi connectivity index (χ1n) is 6.04. The summed E-state index contributed by atoms with van der Waals surface area (Å²) in [6.45, 7) is 2.00. The van der Waals surface area contributed by atoms with Gasteiger partial charge < -0.3 is 0 Å². The number of aromatic nitrogens is 2. The largest absolute Gasteiger partial charge is 0.299 e. The number of thiophene rings is 1. The monoisotopic (exact) mass is 266 g/mol. The lowest BCUT2D eigenvalue weighted by Gasteiger charge is -2.03. The zero-order valence-electron chi connectivity index (χ0n) is 10.3. The van der Waals surface area contributed by atoms with E-state index in [2.05, 4.69) is 11.1 Å². The fraction of sp³-hybridized carbons (Fsp3) is 0.0667. The quantitative estimate of drug-likeness (QED) is 0.489. The first-order chi connectivity index (χ1) is 9.24. The van der Waals surface area contributed by atoms with E-state index in [0.29, 0.717) is 5.65 Å². The molecule has 0 radical (unpaired) electrons. The van der Waals surface area contributed by atoms with Crippen molar-refractivity contribution in [2.24, 2.45) is 0 Å².